The van der Waals surface area contributed by atoms with E-state index >= 15 is 0 Å². The molecule has 1 N–H and O–H groups in total. The molecule has 4 aromatic rings. The lowest BCUT2D eigenvalue weighted by Gasteiger charge is -2.28. The van der Waals surface area contributed by atoms with Gasteiger partial charge in [-0.05, 0) is 41.3 Å². The first-order valence-electron chi connectivity index (χ1n) is 10.7. The minimum Gasteiger partial charge on any atom is -0.308 e. The van der Waals surface area contributed by atoms with Crippen molar-refractivity contribution in [2.24, 2.45) is 0 Å². The second-order valence-electron chi connectivity index (χ2n) is 8.36. The third-order valence-electron chi connectivity index (χ3n) is 6.39. The second kappa shape index (κ2) is 7.28. The van der Waals surface area contributed by atoms with Gasteiger partial charge in [0.25, 0.3) is 11.1 Å². The van der Waals surface area contributed by atoms with E-state index < -0.39 is 0 Å². The molecule has 0 spiro atoms. The summed E-state index contributed by atoms with van der Waals surface area (Å²) in [7, 11) is 0. The first-order valence-corrected chi connectivity index (χ1v) is 11.6. The molecule has 5 heterocycles. The van der Waals surface area contributed by atoms with Gasteiger partial charge in [0, 0.05) is 38.2 Å². The summed E-state index contributed by atoms with van der Waals surface area (Å²) in [6, 6.07) is 12.3. The molecule has 6 nitrogen and oxygen atoms in total. The van der Waals surface area contributed by atoms with Gasteiger partial charge in [-0.1, -0.05) is 24.3 Å². The summed E-state index contributed by atoms with van der Waals surface area (Å²) in [5.74, 6) is 0.648. The molecular formula is C24H22N4O2S. The van der Waals surface area contributed by atoms with Gasteiger partial charge in [-0.2, -0.15) is 0 Å². The average Bonchev–Trinajstić information content (AvgIpc) is 3.33. The Morgan fingerprint density at radius 2 is 2.03 bits per heavy atom. The van der Waals surface area contributed by atoms with Gasteiger partial charge in [-0.15, -0.1) is 11.3 Å². The van der Waals surface area contributed by atoms with Crippen molar-refractivity contribution >= 4 is 22.2 Å². The topological polar surface area (TPSA) is 71.0 Å². The van der Waals surface area contributed by atoms with Crippen LogP contribution in [0.15, 0.2) is 51.4 Å². The Bertz CT molecular complexity index is 1420. The van der Waals surface area contributed by atoms with Crippen molar-refractivity contribution in [2.45, 2.75) is 38.9 Å². The molecule has 0 fully saturated rings. The number of rotatable bonds is 3. The summed E-state index contributed by atoms with van der Waals surface area (Å²) in [6.07, 6.45) is 2.74. The predicted molar refractivity (Wildman–Crippen MR) is 123 cm³/mol. The Hall–Kier alpha value is -3.03. The number of pyridine rings is 1. The van der Waals surface area contributed by atoms with E-state index in [1.807, 2.05) is 28.1 Å². The third kappa shape index (κ3) is 3.16. The normalized spacial score (nSPS) is 15.9. The van der Waals surface area contributed by atoms with E-state index in [2.05, 4.69) is 28.1 Å². The van der Waals surface area contributed by atoms with Crippen LogP contribution in [0.3, 0.4) is 0 Å². The zero-order valence-electron chi connectivity index (χ0n) is 17.1. The van der Waals surface area contributed by atoms with Gasteiger partial charge in [0.2, 0.25) is 0 Å². The number of benzene rings is 1. The number of hydrogen-bond donors (Lipinski definition) is 1. The van der Waals surface area contributed by atoms with Crippen molar-refractivity contribution < 1.29 is 0 Å². The summed E-state index contributed by atoms with van der Waals surface area (Å²) >= 11 is 1.57. The molecule has 3 aromatic heterocycles. The minimum atomic E-state index is -0.0759. The molecule has 2 aliphatic heterocycles. The fourth-order valence-electron chi connectivity index (χ4n) is 4.92. The Labute approximate surface area is 182 Å². The smallest absolute Gasteiger partial charge is 0.255 e. The van der Waals surface area contributed by atoms with Gasteiger partial charge < -0.3 is 9.55 Å². The van der Waals surface area contributed by atoms with E-state index in [0.717, 1.165) is 58.5 Å². The number of para-hydroxylation sites is 1. The van der Waals surface area contributed by atoms with Crippen molar-refractivity contribution in [3.63, 3.8) is 0 Å². The summed E-state index contributed by atoms with van der Waals surface area (Å²) in [6.45, 7) is 2.62. The van der Waals surface area contributed by atoms with Crippen LogP contribution in [-0.2, 0) is 32.5 Å². The van der Waals surface area contributed by atoms with Crippen LogP contribution in [0.4, 0.5) is 0 Å². The lowest BCUT2D eigenvalue weighted by atomic mass is 9.99. The van der Waals surface area contributed by atoms with E-state index in [-0.39, 0.29) is 11.1 Å². The number of thiophene rings is 1. The van der Waals surface area contributed by atoms with Gasteiger partial charge in [-0.3, -0.25) is 14.5 Å². The Kier molecular flexibility index (Phi) is 4.40. The second-order valence-corrected chi connectivity index (χ2v) is 9.31. The standard InChI is InChI=1S/C24H22N4O2S/c29-23-18-14-27(10-8-19(18)25-22(26-23)20-7-3-11-31-20)13-17-12-16-5-1-4-15-6-2-9-28(21(15)16)24(17)30/h1,3-5,7,11-12H,2,6,8-10,13-14H2,(H,25,26,29). The Balaban J connectivity index is 1.33. The Morgan fingerprint density at radius 1 is 1.10 bits per heavy atom. The van der Waals surface area contributed by atoms with Crippen molar-refractivity contribution in [1.29, 1.82) is 0 Å². The third-order valence-corrected chi connectivity index (χ3v) is 7.27. The number of hydrogen-bond acceptors (Lipinski definition) is 5. The van der Waals surface area contributed by atoms with Gasteiger partial charge in [0.15, 0.2) is 5.82 Å². The van der Waals surface area contributed by atoms with E-state index in [1.165, 1.54) is 5.56 Å². The summed E-state index contributed by atoms with van der Waals surface area (Å²) < 4.78 is 1.95. The number of nitrogens with zero attached hydrogens (tertiary/aromatic N) is 3. The van der Waals surface area contributed by atoms with E-state index in [0.29, 0.717) is 25.3 Å². The van der Waals surface area contributed by atoms with Crippen LogP contribution >= 0.6 is 11.3 Å². The first kappa shape index (κ1) is 18.7. The fraction of sp³-hybridized carbons (Fsp3) is 0.292. The average molecular weight is 431 g/mol. The molecule has 0 bridgehead atoms. The lowest BCUT2D eigenvalue weighted by molar-refractivity contribution is 0.240. The maximum Gasteiger partial charge on any atom is 0.255 e. The number of H-pyrrole nitrogens is 1. The molecule has 31 heavy (non-hydrogen) atoms. The Morgan fingerprint density at radius 3 is 2.90 bits per heavy atom. The molecule has 0 saturated carbocycles. The summed E-state index contributed by atoms with van der Waals surface area (Å²) in [5.41, 5.74) is 4.77. The van der Waals surface area contributed by atoms with Gasteiger partial charge >= 0.3 is 0 Å². The highest BCUT2D eigenvalue weighted by molar-refractivity contribution is 7.13. The number of aromatic nitrogens is 3. The molecule has 6 rings (SSSR count). The minimum absolute atomic E-state index is 0.0759. The van der Waals surface area contributed by atoms with Gasteiger partial charge in [0.1, 0.15) is 0 Å². The van der Waals surface area contributed by atoms with Crippen molar-refractivity contribution in [3.8, 4) is 10.7 Å². The van der Waals surface area contributed by atoms with Gasteiger partial charge in [-0.25, -0.2) is 4.98 Å². The summed E-state index contributed by atoms with van der Waals surface area (Å²) in [4.78, 5) is 36.8. The highest BCUT2D eigenvalue weighted by atomic mass is 32.1. The molecule has 0 saturated heterocycles. The quantitative estimate of drug-likeness (QED) is 0.541. The number of aryl methyl sites for hydroxylation is 2. The van der Waals surface area contributed by atoms with Gasteiger partial charge in [0.05, 0.1) is 21.7 Å². The van der Waals surface area contributed by atoms with Crippen LogP contribution in [-0.4, -0.2) is 26.0 Å². The molecular weight excluding hydrogens is 408 g/mol. The maximum absolute atomic E-state index is 13.2. The molecule has 156 valence electrons. The van der Waals surface area contributed by atoms with E-state index in [4.69, 9.17) is 4.98 Å². The number of nitrogens with one attached hydrogen (secondary N) is 1. The van der Waals surface area contributed by atoms with Crippen LogP contribution in [0.2, 0.25) is 0 Å². The zero-order chi connectivity index (χ0) is 20.9. The predicted octanol–water partition coefficient (Wildman–Crippen LogP) is 3.32. The van der Waals surface area contributed by atoms with E-state index in [1.54, 1.807) is 11.3 Å². The molecule has 1 aromatic carbocycles. The van der Waals surface area contributed by atoms with Crippen LogP contribution < -0.4 is 11.1 Å². The largest absolute Gasteiger partial charge is 0.308 e. The molecule has 0 radical (unpaired) electrons. The van der Waals surface area contributed by atoms with Crippen molar-refractivity contribution in [3.05, 3.63) is 84.9 Å². The zero-order valence-corrected chi connectivity index (χ0v) is 17.9. The monoisotopic (exact) mass is 430 g/mol. The van der Waals surface area contributed by atoms with Crippen LogP contribution in [0.1, 0.15) is 28.8 Å². The number of fused-ring (bicyclic) bond motifs is 1. The molecule has 7 heteroatoms. The number of aromatic amines is 1. The SMILES string of the molecule is O=c1[nH]c(-c2cccs2)nc2c1CN(Cc1cc3cccc4c3n(c1=O)CCC4)CC2. The summed E-state index contributed by atoms with van der Waals surface area (Å²) in [5, 5.41) is 3.11. The van der Waals surface area contributed by atoms with Crippen molar-refractivity contribution in [2.75, 3.05) is 6.54 Å². The van der Waals surface area contributed by atoms with Crippen LogP contribution in [0.25, 0.3) is 21.6 Å². The van der Waals surface area contributed by atoms with Crippen molar-refractivity contribution in [1.82, 2.24) is 19.4 Å². The fourth-order valence-corrected chi connectivity index (χ4v) is 5.59. The molecule has 0 unspecified atom stereocenters. The highest BCUT2D eigenvalue weighted by Gasteiger charge is 2.24. The lowest BCUT2D eigenvalue weighted by Crippen LogP contribution is -2.37. The molecule has 0 amide bonds. The highest BCUT2D eigenvalue weighted by Crippen LogP contribution is 2.26. The molecule has 0 atom stereocenters. The molecule has 2 aliphatic rings. The van der Waals surface area contributed by atoms with Crippen LogP contribution in [0.5, 0.6) is 0 Å². The van der Waals surface area contributed by atoms with Crippen LogP contribution in [0, 0.1) is 0 Å². The first-order chi connectivity index (χ1) is 15.2. The molecule has 0 aliphatic carbocycles. The maximum atomic E-state index is 13.2. The van der Waals surface area contributed by atoms with E-state index in [9.17, 15) is 9.59 Å².